The smallest absolute Gasteiger partial charge is 0.301 e. The Balaban J connectivity index is 4.39. The number of alkyl halides is 4. The van der Waals surface area contributed by atoms with Gasteiger partial charge in [0.1, 0.15) is 26.7 Å². The van der Waals surface area contributed by atoms with Crippen molar-refractivity contribution in [2.45, 2.75) is 6.16 Å². The highest BCUT2D eigenvalue weighted by Crippen LogP contribution is 2.18. The second kappa shape index (κ2) is 10.7. The second-order valence-corrected chi connectivity index (χ2v) is 2.65. The fourth-order valence-electron chi connectivity index (χ4n) is 0.904. The predicted molar refractivity (Wildman–Crippen MR) is 50.4 cm³/mol. The Morgan fingerprint density at radius 1 is 0.529 bits per heavy atom. The van der Waals surface area contributed by atoms with Gasteiger partial charge in [-0.2, -0.15) is 0 Å². The summed E-state index contributed by atoms with van der Waals surface area (Å²) in [7, 11) is 0. The van der Waals surface area contributed by atoms with Crippen molar-refractivity contribution in [3.8, 4) is 0 Å². The quantitative estimate of drug-likeness (QED) is 0.396. The van der Waals surface area contributed by atoms with Crippen molar-refractivity contribution in [2.24, 2.45) is 0 Å². The van der Waals surface area contributed by atoms with Gasteiger partial charge in [-0.1, -0.05) is 0 Å². The summed E-state index contributed by atoms with van der Waals surface area (Å²) >= 11 is 0. The third-order valence-corrected chi connectivity index (χ3v) is 1.42. The van der Waals surface area contributed by atoms with E-state index in [9.17, 15) is 17.6 Å². The minimum absolute atomic E-state index is 0.467. The molecule has 0 amide bonds. The molecule has 0 aromatic carbocycles. The monoisotopic (exact) mass is 264 g/mol. The lowest BCUT2D eigenvalue weighted by molar-refractivity contribution is -0.499. The summed E-state index contributed by atoms with van der Waals surface area (Å²) in [6.07, 6.45) is -2.25. The first-order valence-corrected chi connectivity index (χ1v) is 5.04. The molecule has 0 fully saturated rings. The van der Waals surface area contributed by atoms with E-state index in [0.717, 1.165) is 0 Å². The Labute approximate surface area is 96.8 Å². The van der Waals surface area contributed by atoms with Crippen LogP contribution < -0.4 is 0 Å². The van der Waals surface area contributed by atoms with Gasteiger partial charge >= 0.3 is 6.16 Å². The van der Waals surface area contributed by atoms with E-state index in [-0.39, 0.29) is 0 Å². The molecule has 0 radical (unpaired) electrons. The molecule has 0 N–H and O–H groups in total. The lowest BCUT2D eigenvalue weighted by Gasteiger charge is -2.30. The zero-order valence-electron chi connectivity index (χ0n) is 9.30. The number of ether oxygens (including phenoxy) is 4. The summed E-state index contributed by atoms with van der Waals surface area (Å²) in [6.45, 7) is -5.37. The fourth-order valence-corrected chi connectivity index (χ4v) is 0.904. The summed E-state index contributed by atoms with van der Waals surface area (Å²) in [5.41, 5.74) is 0. The van der Waals surface area contributed by atoms with E-state index in [4.69, 9.17) is 18.9 Å². The first-order chi connectivity index (χ1) is 8.24. The van der Waals surface area contributed by atoms with E-state index in [1.54, 1.807) is 0 Å². The Morgan fingerprint density at radius 2 is 0.765 bits per heavy atom. The molecule has 4 nitrogen and oxygen atoms in total. The van der Waals surface area contributed by atoms with Crippen LogP contribution in [-0.4, -0.2) is 59.3 Å². The topological polar surface area (TPSA) is 36.9 Å². The maximum atomic E-state index is 12.0. The van der Waals surface area contributed by atoms with Crippen LogP contribution in [0.3, 0.4) is 0 Å². The van der Waals surface area contributed by atoms with Crippen LogP contribution >= 0.6 is 0 Å². The Kier molecular flexibility index (Phi) is 10.4. The molecule has 0 aromatic rings. The van der Waals surface area contributed by atoms with E-state index < -0.39 is 59.3 Å². The molecule has 0 bridgehead atoms. The van der Waals surface area contributed by atoms with Gasteiger partial charge in [-0.3, -0.25) is 0 Å². The highest BCUT2D eigenvalue weighted by molar-refractivity contribution is 4.45. The minimum Gasteiger partial charge on any atom is -0.301 e. The summed E-state index contributed by atoms with van der Waals surface area (Å²) in [4.78, 5) is 0. The number of rotatable bonds is 12. The molecule has 0 rings (SSSR count). The van der Waals surface area contributed by atoms with Crippen LogP contribution in [-0.2, 0) is 18.9 Å². The standard InChI is InChI=1S/C9H16F4O4/c10-1-5-14-9(15-6-2-11,16-7-3-12)17-8-4-13/h1-8H2. The van der Waals surface area contributed by atoms with Crippen molar-refractivity contribution in [1.82, 2.24) is 0 Å². The molecule has 0 spiro atoms. The predicted octanol–water partition coefficient (Wildman–Crippen LogP) is 1.54. The Hall–Kier alpha value is -0.440. The van der Waals surface area contributed by atoms with Gasteiger partial charge in [-0.15, -0.1) is 0 Å². The zero-order chi connectivity index (χ0) is 13.0. The van der Waals surface area contributed by atoms with Crippen molar-refractivity contribution in [1.29, 1.82) is 0 Å². The van der Waals surface area contributed by atoms with Crippen LogP contribution in [0.5, 0.6) is 0 Å². The number of halogens is 4. The number of hydrogen-bond donors (Lipinski definition) is 0. The summed E-state index contributed by atoms with van der Waals surface area (Å²) in [5.74, 6) is 0. The maximum absolute atomic E-state index is 12.0. The molecule has 104 valence electrons. The van der Waals surface area contributed by atoms with Crippen molar-refractivity contribution in [3.05, 3.63) is 0 Å². The molecule has 8 heteroatoms. The second-order valence-electron chi connectivity index (χ2n) is 2.65. The van der Waals surface area contributed by atoms with Gasteiger partial charge in [0.25, 0.3) is 0 Å². The van der Waals surface area contributed by atoms with Gasteiger partial charge < -0.3 is 18.9 Å². The lowest BCUT2D eigenvalue weighted by Crippen LogP contribution is -2.44. The third kappa shape index (κ3) is 7.48. The van der Waals surface area contributed by atoms with Crippen molar-refractivity contribution in [2.75, 3.05) is 53.1 Å². The Morgan fingerprint density at radius 3 is 0.941 bits per heavy atom. The average Bonchev–Trinajstić information content (AvgIpc) is 2.37. The van der Waals surface area contributed by atoms with E-state index >= 15 is 0 Å². The van der Waals surface area contributed by atoms with Gasteiger partial charge in [-0.25, -0.2) is 17.6 Å². The highest BCUT2D eigenvalue weighted by Gasteiger charge is 2.35. The van der Waals surface area contributed by atoms with E-state index in [1.165, 1.54) is 0 Å². The molecule has 0 unspecified atom stereocenters. The normalized spacial score (nSPS) is 12.0. The van der Waals surface area contributed by atoms with Gasteiger partial charge in [0.05, 0.1) is 26.4 Å². The lowest BCUT2D eigenvalue weighted by atomic mass is 10.7. The van der Waals surface area contributed by atoms with Crippen LogP contribution in [0.25, 0.3) is 0 Å². The zero-order valence-corrected chi connectivity index (χ0v) is 9.30. The fraction of sp³-hybridized carbons (Fsp3) is 1.00. The summed E-state index contributed by atoms with van der Waals surface area (Å²) in [6, 6.07) is 0. The molecular weight excluding hydrogens is 248 g/mol. The average molecular weight is 264 g/mol. The van der Waals surface area contributed by atoms with Crippen LogP contribution in [0, 0.1) is 0 Å². The van der Waals surface area contributed by atoms with Gasteiger partial charge in [-0.05, 0) is 0 Å². The molecule has 0 saturated heterocycles. The SMILES string of the molecule is FCCOC(OCCF)(OCCF)OCCF. The summed E-state index contributed by atoms with van der Waals surface area (Å²) < 4.78 is 66.9. The molecule has 0 aromatic heterocycles. The van der Waals surface area contributed by atoms with Crippen molar-refractivity contribution >= 4 is 0 Å². The first-order valence-electron chi connectivity index (χ1n) is 5.04. The van der Waals surface area contributed by atoms with E-state index in [2.05, 4.69) is 0 Å². The largest absolute Gasteiger partial charge is 0.413 e. The van der Waals surface area contributed by atoms with Crippen LogP contribution in [0.15, 0.2) is 0 Å². The maximum Gasteiger partial charge on any atom is 0.413 e. The molecule has 17 heavy (non-hydrogen) atoms. The van der Waals surface area contributed by atoms with Crippen molar-refractivity contribution < 1.29 is 36.5 Å². The molecule has 0 saturated carbocycles. The van der Waals surface area contributed by atoms with Crippen LogP contribution in [0.4, 0.5) is 17.6 Å². The summed E-state index contributed by atoms with van der Waals surface area (Å²) in [5, 5.41) is 0. The van der Waals surface area contributed by atoms with Crippen molar-refractivity contribution in [3.63, 3.8) is 0 Å². The first kappa shape index (κ1) is 16.6. The molecule has 0 aliphatic carbocycles. The molecule has 0 atom stereocenters. The van der Waals surface area contributed by atoms with Gasteiger partial charge in [0.15, 0.2) is 0 Å². The molecular formula is C9H16F4O4. The van der Waals surface area contributed by atoms with Gasteiger partial charge in [0.2, 0.25) is 0 Å². The van der Waals surface area contributed by atoms with E-state index in [1.807, 2.05) is 0 Å². The van der Waals surface area contributed by atoms with E-state index in [0.29, 0.717) is 0 Å². The van der Waals surface area contributed by atoms with Crippen LogP contribution in [0.2, 0.25) is 0 Å². The molecule has 0 aliphatic heterocycles. The van der Waals surface area contributed by atoms with Crippen LogP contribution in [0.1, 0.15) is 0 Å². The number of hydrogen-bond acceptors (Lipinski definition) is 4. The molecule has 0 heterocycles. The highest BCUT2D eigenvalue weighted by atomic mass is 19.1. The minimum atomic E-state index is -2.25. The molecule has 0 aliphatic rings. The van der Waals surface area contributed by atoms with Gasteiger partial charge in [0, 0.05) is 0 Å². The Bertz CT molecular complexity index is 136. The third-order valence-electron chi connectivity index (χ3n) is 1.42.